The predicted octanol–water partition coefficient (Wildman–Crippen LogP) is 2.32. The maximum atomic E-state index is 11.6. The van der Waals surface area contributed by atoms with E-state index < -0.39 is 12.1 Å². The summed E-state index contributed by atoms with van der Waals surface area (Å²) in [5, 5.41) is 2.97. The normalized spacial score (nSPS) is 12.4. The van der Waals surface area contributed by atoms with Gasteiger partial charge in [-0.3, -0.25) is 4.79 Å². The number of nitrogens with one attached hydrogen (secondary N) is 1. The second-order valence-corrected chi connectivity index (χ2v) is 4.82. The van der Waals surface area contributed by atoms with Crippen molar-refractivity contribution >= 4 is 28.4 Å². The van der Waals surface area contributed by atoms with Crippen LogP contribution in [0.25, 0.3) is 0 Å². The van der Waals surface area contributed by atoms with Gasteiger partial charge in [0.25, 0.3) is 6.47 Å². The van der Waals surface area contributed by atoms with Gasteiger partial charge >= 0.3 is 5.97 Å². The van der Waals surface area contributed by atoms with Crippen LogP contribution >= 0.6 is 15.9 Å². The van der Waals surface area contributed by atoms with Gasteiger partial charge in [0.2, 0.25) is 6.10 Å². The Morgan fingerprint density at radius 3 is 2.57 bits per heavy atom. The standard InChI is InChI=1S/C13H16BrNO4.C2H6/c1-15-11(12(19-8-16)13(17)18-2)7-9-4-3-5-10(14)6-9;1-2/h3-6,8,11-12,15H,7H2,1-2H3;1-2H3. The van der Waals surface area contributed by atoms with Crippen molar-refractivity contribution in [2.75, 3.05) is 14.2 Å². The van der Waals surface area contributed by atoms with E-state index in [0.29, 0.717) is 6.42 Å². The number of carbonyl (C=O) groups excluding carboxylic acids is 2. The number of methoxy groups -OCH3 is 1. The van der Waals surface area contributed by atoms with Crippen molar-refractivity contribution in [3.05, 3.63) is 34.3 Å². The van der Waals surface area contributed by atoms with E-state index in [9.17, 15) is 9.59 Å². The molecule has 0 heterocycles. The van der Waals surface area contributed by atoms with Crippen LogP contribution in [-0.4, -0.2) is 38.7 Å². The molecular weight excluding hydrogens is 338 g/mol. The zero-order valence-electron chi connectivity index (χ0n) is 12.8. The Morgan fingerprint density at radius 2 is 2.10 bits per heavy atom. The molecule has 0 amide bonds. The van der Waals surface area contributed by atoms with E-state index in [1.807, 2.05) is 38.1 Å². The van der Waals surface area contributed by atoms with Gasteiger partial charge in [-0.15, -0.1) is 0 Å². The second-order valence-electron chi connectivity index (χ2n) is 3.91. The molecule has 0 radical (unpaired) electrons. The Labute approximate surface area is 134 Å². The van der Waals surface area contributed by atoms with Crippen LogP contribution in [0.5, 0.6) is 0 Å². The molecular formula is C15H22BrNO4. The molecule has 0 spiro atoms. The van der Waals surface area contributed by atoms with E-state index in [4.69, 9.17) is 4.74 Å². The minimum atomic E-state index is -0.966. The van der Waals surface area contributed by atoms with Crippen molar-refractivity contribution in [1.82, 2.24) is 5.32 Å². The molecule has 0 bridgehead atoms. The number of benzene rings is 1. The monoisotopic (exact) mass is 359 g/mol. The minimum Gasteiger partial charge on any atom is -0.466 e. The first-order valence-corrected chi connectivity index (χ1v) is 7.50. The molecule has 0 aliphatic heterocycles. The molecule has 21 heavy (non-hydrogen) atoms. The molecule has 0 aromatic heterocycles. The van der Waals surface area contributed by atoms with Crippen LogP contribution in [0, 0.1) is 0 Å². The maximum Gasteiger partial charge on any atom is 0.348 e. The summed E-state index contributed by atoms with van der Waals surface area (Å²) in [5.41, 5.74) is 1.01. The Hall–Kier alpha value is -1.40. The summed E-state index contributed by atoms with van der Waals surface area (Å²) in [6.07, 6.45) is -0.435. The van der Waals surface area contributed by atoms with Gasteiger partial charge in [-0.05, 0) is 31.2 Å². The number of halogens is 1. The van der Waals surface area contributed by atoms with Gasteiger partial charge in [-0.25, -0.2) is 4.79 Å². The second kappa shape index (κ2) is 11.3. The fourth-order valence-electron chi connectivity index (χ4n) is 1.77. The van der Waals surface area contributed by atoms with E-state index in [-0.39, 0.29) is 12.5 Å². The molecule has 0 fully saturated rings. The molecule has 1 rings (SSSR count). The zero-order chi connectivity index (χ0) is 16.3. The van der Waals surface area contributed by atoms with Gasteiger partial charge < -0.3 is 14.8 Å². The summed E-state index contributed by atoms with van der Waals surface area (Å²) in [7, 11) is 2.96. The first-order valence-electron chi connectivity index (χ1n) is 6.71. The fourth-order valence-corrected chi connectivity index (χ4v) is 2.22. The largest absolute Gasteiger partial charge is 0.466 e. The van der Waals surface area contributed by atoms with Crippen molar-refractivity contribution in [3.8, 4) is 0 Å². The van der Waals surface area contributed by atoms with Gasteiger partial charge in [-0.2, -0.15) is 0 Å². The van der Waals surface area contributed by atoms with Crippen LogP contribution in [0.3, 0.4) is 0 Å². The van der Waals surface area contributed by atoms with E-state index in [1.54, 1.807) is 7.05 Å². The minimum absolute atomic E-state index is 0.257. The summed E-state index contributed by atoms with van der Waals surface area (Å²) in [6.45, 7) is 4.26. The first-order chi connectivity index (χ1) is 10.1. The third-order valence-electron chi connectivity index (χ3n) is 2.72. The predicted molar refractivity (Wildman–Crippen MR) is 85.0 cm³/mol. The molecule has 2 atom stereocenters. The van der Waals surface area contributed by atoms with Crippen LogP contribution in [0.15, 0.2) is 28.7 Å². The topological polar surface area (TPSA) is 64.6 Å². The Balaban J connectivity index is 0.00000191. The summed E-state index contributed by atoms with van der Waals surface area (Å²) >= 11 is 3.38. The van der Waals surface area contributed by atoms with Crippen LogP contribution in [0.1, 0.15) is 19.4 Å². The molecule has 0 saturated heterocycles. The van der Waals surface area contributed by atoms with Crippen LogP contribution in [-0.2, 0) is 25.5 Å². The Kier molecular flexibility index (Phi) is 10.5. The van der Waals surface area contributed by atoms with Crippen LogP contribution in [0.4, 0.5) is 0 Å². The highest BCUT2D eigenvalue weighted by Crippen LogP contribution is 2.15. The number of ether oxygens (including phenoxy) is 2. The summed E-state index contributed by atoms with van der Waals surface area (Å²) in [4.78, 5) is 22.1. The van der Waals surface area contributed by atoms with E-state index in [1.165, 1.54) is 7.11 Å². The smallest absolute Gasteiger partial charge is 0.348 e. The summed E-state index contributed by atoms with van der Waals surface area (Å²) in [5.74, 6) is -0.582. The van der Waals surface area contributed by atoms with E-state index >= 15 is 0 Å². The first kappa shape index (κ1) is 19.6. The molecule has 0 aliphatic rings. The number of hydrogen-bond acceptors (Lipinski definition) is 5. The highest BCUT2D eigenvalue weighted by molar-refractivity contribution is 9.10. The van der Waals surface area contributed by atoms with Crippen molar-refractivity contribution in [3.63, 3.8) is 0 Å². The molecule has 0 aliphatic carbocycles. The van der Waals surface area contributed by atoms with Crippen molar-refractivity contribution in [2.45, 2.75) is 32.4 Å². The van der Waals surface area contributed by atoms with Crippen LogP contribution < -0.4 is 5.32 Å². The highest BCUT2D eigenvalue weighted by Gasteiger charge is 2.30. The zero-order valence-corrected chi connectivity index (χ0v) is 14.3. The number of likely N-dealkylation sites (N-methyl/N-ethyl adjacent to an activating group) is 1. The molecule has 1 N–H and O–H groups in total. The van der Waals surface area contributed by atoms with Gasteiger partial charge in [0, 0.05) is 4.47 Å². The van der Waals surface area contributed by atoms with Crippen molar-refractivity contribution in [1.29, 1.82) is 0 Å². The lowest BCUT2D eigenvalue weighted by atomic mass is 10.0. The molecule has 2 unspecified atom stereocenters. The molecule has 6 heteroatoms. The molecule has 0 saturated carbocycles. The average Bonchev–Trinajstić information content (AvgIpc) is 2.52. The van der Waals surface area contributed by atoms with Crippen molar-refractivity contribution in [2.24, 2.45) is 0 Å². The summed E-state index contributed by atoms with van der Waals surface area (Å²) < 4.78 is 10.4. The van der Waals surface area contributed by atoms with E-state index in [2.05, 4.69) is 26.0 Å². The molecule has 5 nitrogen and oxygen atoms in total. The molecule has 1 aromatic rings. The summed E-state index contributed by atoms with van der Waals surface area (Å²) in [6, 6.07) is 7.34. The fraction of sp³-hybridized carbons (Fsp3) is 0.467. The Bertz CT molecular complexity index is 439. The number of carbonyl (C=O) groups is 2. The maximum absolute atomic E-state index is 11.6. The van der Waals surface area contributed by atoms with E-state index in [0.717, 1.165) is 10.0 Å². The van der Waals surface area contributed by atoms with Gasteiger partial charge in [0.05, 0.1) is 13.2 Å². The van der Waals surface area contributed by atoms with Crippen molar-refractivity contribution < 1.29 is 19.1 Å². The van der Waals surface area contributed by atoms with Gasteiger partial charge in [0.15, 0.2) is 0 Å². The third-order valence-corrected chi connectivity index (χ3v) is 3.21. The lowest BCUT2D eigenvalue weighted by molar-refractivity contribution is -0.161. The number of hydrogen-bond donors (Lipinski definition) is 1. The lowest BCUT2D eigenvalue weighted by Gasteiger charge is -2.23. The van der Waals surface area contributed by atoms with Gasteiger partial charge in [0.1, 0.15) is 0 Å². The Morgan fingerprint density at radius 1 is 1.43 bits per heavy atom. The quantitative estimate of drug-likeness (QED) is 0.597. The highest BCUT2D eigenvalue weighted by atomic mass is 79.9. The third kappa shape index (κ3) is 6.73. The molecule has 118 valence electrons. The molecule has 1 aromatic carbocycles. The SMILES string of the molecule is CC.CNC(Cc1cccc(Br)c1)C(OC=O)C(=O)OC. The van der Waals surface area contributed by atoms with Crippen LogP contribution in [0.2, 0.25) is 0 Å². The lowest BCUT2D eigenvalue weighted by Crippen LogP contribution is -2.46. The number of rotatable bonds is 7. The number of esters is 1. The average molecular weight is 360 g/mol. The van der Waals surface area contributed by atoms with Gasteiger partial charge in [-0.1, -0.05) is 41.9 Å².